The van der Waals surface area contributed by atoms with Crippen molar-refractivity contribution in [1.82, 2.24) is 10.3 Å². The first-order valence-corrected chi connectivity index (χ1v) is 6.40. The first-order valence-electron chi connectivity index (χ1n) is 5.61. The molecule has 1 aromatic heterocycles. The maximum Gasteiger partial charge on any atom is 0.0270 e. The van der Waals surface area contributed by atoms with E-state index >= 15 is 0 Å². The highest BCUT2D eigenvalue weighted by Gasteiger charge is 2.13. The van der Waals surface area contributed by atoms with Gasteiger partial charge in [-0.2, -0.15) is 0 Å². The molecule has 2 rings (SSSR count). The lowest BCUT2D eigenvalue weighted by molar-refractivity contribution is 0.707. The van der Waals surface area contributed by atoms with E-state index in [1.807, 2.05) is 25.5 Å². The van der Waals surface area contributed by atoms with E-state index in [2.05, 4.69) is 56.6 Å². The van der Waals surface area contributed by atoms with E-state index in [1.54, 1.807) is 0 Å². The van der Waals surface area contributed by atoms with Crippen molar-refractivity contribution >= 4 is 15.9 Å². The Kier molecular flexibility index (Phi) is 4.29. The molecule has 1 aromatic carbocycles. The molecule has 0 bridgehead atoms. The number of nitrogens with one attached hydrogen (secondary N) is 1. The normalized spacial score (nSPS) is 12.4. The standard InChI is InChI=1S/C14H15BrN2/c1-16-10-14(11-5-7-17-8-6-11)12-3-2-4-13(15)9-12/h2-9,14,16H,10H2,1H3. The van der Waals surface area contributed by atoms with Crippen molar-refractivity contribution < 1.29 is 0 Å². The monoisotopic (exact) mass is 290 g/mol. The third-order valence-corrected chi connectivity index (χ3v) is 3.26. The molecule has 1 atom stereocenters. The smallest absolute Gasteiger partial charge is 0.0270 e. The molecule has 0 amide bonds. The number of aromatic nitrogens is 1. The Balaban J connectivity index is 2.35. The molecule has 0 aliphatic heterocycles. The number of benzene rings is 1. The van der Waals surface area contributed by atoms with E-state index in [1.165, 1.54) is 11.1 Å². The minimum atomic E-state index is 0.362. The number of hydrogen-bond donors (Lipinski definition) is 1. The predicted molar refractivity (Wildman–Crippen MR) is 74.1 cm³/mol. The lowest BCUT2D eigenvalue weighted by Gasteiger charge is -2.17. The van der Waals surface area contributed by atoms with Gasteiger partial charge < -0.3 is 5.32 Å². The SMILES string of the molecule is CNCC(c1ccncc1)c1cccc(Br)c1. The summed E-state index contributed by atoms with van der Waals surface area (Å²) in [5, 5.41) is 3.25. The van der Waals surface area contributed by atoms with Crippen LogP contribution in [0.1, 0.15) is 17.0 Å². The maximum absolute atomic E-state index is 4.07. The van der Waals surface area contributed by atoms with Crippen LogP contribution in [0.3, 0.4) is 0 Å². The molecule has 1 N–H and O–H groups in total. The summed E-state index contributed by atoms with van der Waals surface area (Å²) in [5.74, 6) is 0.362. The minimum absolute atomic E-state index is 0.362. The van der Waals surface area contributed by atoms with E-state index in [-0.39, 0.29) is 0 Å². The van der Waals surface area contributed by atoms with Gasteiger partial charge in [0.15, 0.2) is 0 Å². The average molecular weight is 291 g/mol. The number of nitrogens with zero attached hydrogens (tertiary/aromatic N) is 1. The van der Waals surface area contributed by atoms with Crippen LogP contribution >= 0.6 is 15.9 Å². The molecule has 0 fully saturated rings. The summed E-state index contributed by atoms with van der Waals surface area (Å²) in [5.41, 5.74) is 2.59. The van der Waals surface area contributed by atoms with Crippen LogP contribution in [-0.2, 0) is 0 Å². The molecule has 0 aliphatic rings. The van der Waals surface area contributed by atoms with Crippen molar-refractivity contribution in [2.75, 3.05) is 13.6 Å². The second-order valence-corrected chi connectivity index (χ2v) is 4.86. The molecule has 1 heterocycles. The summed E-state index contributed by atoms with van der Waals surface area (Å²) in [4.78, 5) is 4.07. The number of halogens is 1. The van der Waals surface area contributed by atoms with E-state index in [0.29, 0.717) is 5.92 Å². The molecule has 2 nitrogen and oxygen atoms in total. The molecule has 2 aromatic rings. The van der Waals surface area contributed by atoms with Crippen LogP contribution < -0.4 is 5.32 Å². The predicted octanol–water partition coefficient (Wildman–Crippen LogP) is 3.20. The molecule has 0 saturated carbocycles. The zero-order valence-electron chi connectivity index (χ0n) is 9.73. The molecule has 1 unspecified atom stereocenters. The molecular weight excluding hydrogens is 276 g/mol. The molecule has 0 radical (unpaired) electrons. The summed E-state index contributed by atoms with van der Waals surface area (Å²) in [6.07, 6.45) is 3.69. The maximum atomic E-state index is 4.07. The molecule has 0 aliphatic carbocycles. The van der Waals surface area contributed by atoms with E-state index in [4.69, 9.17) is 0 Å². The Hall–Kier alpha value is -1.19. The highest BCUT2D eigenvalue weighted by atomic mass is 79.9. The molecule has 0 spiro atoms. The van der Waals surface area contributed by atoms with Crippen molar-refractivity contribution in [2.24, 2.45) is 0 Å². The largest absolute Gasteiger partial charge is 0.319 e. The highest BCUT2D eigenvalue weighted by molar-refractivity contribution is 9.10. The van der Waals surface area contributed by atoms with Crippen LogP contribution in [0.15, 0.2) is 53.3 Å². The van der Waals surface area contributed by atoms with Crippen molar-refractivity contribution in [3.8, 4) is 0 Å². The zero-order chi connectivity index (χ0) is 12.1. The van der Waals surface area contributed by atoms with Crippen LogP contribution in [0.5, 0.6) is 0 Å². The van der Waals surface area contributed by atoms with Crippen LogP contribution in [0, 0.1) is 0 Å². The van der Waals surface area contributed by atoms with Gasteiger partial charge in [0.1, 0.15) is 0 Å². The fourth-order valence-corrected chi connectivity index (χ4v) is 2.37. The lowest BCUT2D eigenvalue weighted by atomic mass is 9.92. The van der Waals surface area contributed by atoms with Gasteiger partial charge in [-0.05, 0) is 42.4 Å². The van der Waals surface area contributed by atoms with Crippen LogP contribution in [0.25, 0.3) is 0 Å². The van der Waals surface area contributed by atoms with Gasteiger partial charge in [-0.1, -0.05) is 28.1 Å². The van der Waals surface area contributed by atoms with E-state index in [0.717, 1.165) is 11.0 Å². The van der Waals surface area contributed by atoms with Gasteiger partial charge in [0.25, 0.3) is 0 Å². The second-order valence-electron chi connectivity index (χ2n) is 3.95. The van der Waals surface area contributed by atoms with Gasteiger partial charge in [-0.25, -0.2) is 0 Å². The average Bonchev–Trinajstić information content (AvgIpc) is 2.37. The number of rotatable bonds is 4. The molecule has 88 valence electrons. The second kappa shape index (κ2) is 5.94. The van der Waals surface area contributed by atoms with E-state index < -0.39 is 0 Å². The van der Waals surface area contributed by atoms with Crippen molar-refractivity contribution in [3.05, 3.63) is 64.4 Å². The third kappa shape index (κ3) is 3.14. The Morgan fingerprint density at radius 2 is 1.94 bits per heavy atom. The van der Waals surface area contributed by atoms with Crippen molar-refractivity contribution in [1.29, 1.82) is 0 Å². The summed E-state index contributed by atoms with van der Waals surface area (Å²) < 4.78 is 1.12. The number of likely N-dealkylation sites (N-methyl/N-ethyl adjacent to an activating group) is 1. The molecule has 17 heavy (non-hydrogen) atoms. The summed E-state index contributed by atoms with van der Waals surface area (Å²) >= 11 is 3.52. The lowest BCUT2D eigenvalue weighted by Crippen LogP contribution is -2.18. The topological polar surface area (TPSA) is 24.9 Å². The van der Waals surface area contributed by atoms with Crippen LogP contribution in [0.2, 0.25) is 0 Å². The highest BCUT2D eigenvalue weighted by Crippen LogP contribution is 2.25. The van der Waals surface area contributed by atoms with Gasteiger partial charge >= 0.3 is 0 Å². The first kappa shape index (κ1) is 12.3. The number of pyridine rings is 1. The van der Waals surface area contributed by atoms with Crippen molar-refractivity contribution in [2.45, 2.75) is 5.92 Å². The Labute approximate surface area is 110 Å². The fourth-order valence-electron chi connectivity index (χ4n) is 1.95. The van der Waals surface area contributed by atoms with Gasteiger partial charge in [-0.3, -0.25) is 4.98 Å². The Morgan fingerprint density at radius 1 is 1.18 bits per heavy atom. The van der Waals surface area contributed by atoms with Gasteiger partial charge in [0.05, 0.1) is 0 Å². The first-order chi connectivity index (χ1) is 8.31. The molecule has 0 saturated heterocycles. The Morgan fingerprint density at radius 3 is 2.59 bits per heavy atom. The van der Waals surface area contributed by atoms with Crippen molar-refractivity contribution in [3.63, 3.8) is 0 Å². The molecular formula is C14H15BrN2. The Bertz CT molecular complexity index is 471. The fraction of sp³-hybridized carbons (Fsp3) is 0.214. The van der Waals surface area contributed by atoms with Gasteiger partial charge in [-0.15, -0.1) is 0 Å². The molecule has 3 heteroatoms. The zero-order valence-corrected chi connectivity index (χ0v) is 11.3. The van der Waals surface area contributed by atoms with E-state index in [9.17, 15) is 0 Å². The summed E-state index contributed by atoms with van der Waals surface area (Å²) in [6.45, 7) is 0.917. The minimum Gasteiger partial charge on any atom is -0.319 e. The summed E-state index contributed by atoms with van der Waals surface area (Å²) in [6, 6.07) is 12.6. The number of hydrogen-bond acceptors (Lipinski definition) is 2. The van der Waals surface area contributed by atoms with Gasteiger partial charge in [0, 0.05) is 29.3 Å². The van der Waals surface area contributed by atoms with Crippen LogP contribution in [-0.4, -0.2) is 18.6 Å². The quantitative estimate of drug-likeness (QED) is 0.935. The summed E-state index contributed by atoms with van der Waals surface area (Å²) in [7, 11) is 1.98. The third-order valence-electron chi connectivity index (χ3n) is 2.77. The van der Waals surface area contributed by atoms with Gasteiger partial charge in [0.2, 0.25) is 0 Å². The van der Waals surface area contributed by atoms with Crippen LogP contribution in [0.4, 0.5) is 0 Å².